The fraction of sp³-hybridized carbons (Fsp3) is 0.273. The Bertz CT molecular complexity index is 1070. The molecular formula is C22H20N4O3. The Morgan fingerprint density at radius 3 is 2.69 bits per heavy atom. The maximum Gasteiger partial charge on any atom is 0.339 e. The topological polar surface area (TPSA) is 97.0 Å². The van der Waals surface area contributed by atoms with Gasteiger partial charge in [-0.05, 0) is 37.3 Å². The molecular weight excluding hydrogens is 368 g/mol. The van der Waals surface area contributed by atoms with Crippen LogP contribution in [0.15, 0.2) is 55.0 Å². The van der Waals surface area contributed by atoms with E-state index in [2.05, 4.69) is 20.5 Å². The number of benzene rings is 1. The zero-order chi connectivity index (χ0) is 19.8. The van der Waals surface area contributed by atoms with Gasteiger partial charge in [0.1, 0.15) is 11.4 Å². The zero-order valence-electron chi connectivity index (χ0n) is 15.7. The van der Waals surface area contributed by atoms with E-state index >= 15 is 0 Å². The molecule has 0 radical (unpaired) electrons. The molecule has 29 heavy (non-hydrogen) atoms. The number of hydrogen-bond donors (Lipinski definition) is 2. The number of carbonyl (C=O) groups excluding carboxylic acids is 2. The minimum atomic E-state index is -0.638. The average molecular weight is 388 g/mol. The van der Waals surface area contributed by atoms with Gasteiger partial charge in [-0.3, -0.25) is 14.9 Å². The number of pyridine rings is 1. The van der Waals surface area contributed by atoms with Gasteiger partial charge in [-0.25, -0.2) is 4.79 Å². The molecule has 1 spiro atoms. The van der Waals surface area contributed by atoms with Gasteiger partial charge in [-0.1, -0.05) is 30.3 Å². The van der Waals surface area contributed by atoms with E-state index in [1.807, 2.05) is 30.3 Å². The lowest BCUT2D eigenvalue weighted by molar-refractivity contribution is -0.122. The van der Waals surface area contributed by atoms with Crippen LogP contribution in [0, 0.1) is 5.92 Å². The van der Waals surface area contributed by atoms with Crippen molar-refractivity contribution in [1.29, 1.82) is 0 Å². The van der Waals surface area contributed by atoms with Crippen LogP contribution in [0.3, 0.4) is 0 Å². The third-order valence-electron chi connectivity index (χ3n) is 5.96. The van der Waals surface area contributed by atoms with Crippen molar-refractivity contribution in [2.45, 2.75) is 31.3 Å². The Labute approximate surface area is 167 Å². The van der Waals surface area contributed by atoms with Crippen LogP contribution in [0.5, 0.6) is 0 Å². The summed E-state index contributed by atoms with van der Waals surface area (Å²) in [5.74, 6) is 0.113. The summed E-state index contributed by atoms with van der Waals surface area (Å²) in [6.07, 6.45) is 7.55. The lowest BCUT2D eigenvalue weighted by Gasteiger charge is -2.35. The van der Waals surface area contributed by atoms with Gasteiger partial charge in [0.15, 0.2) is 0 Å². The van der Waals surface area contributed by atoms with E-state index in [-0.39, 0.29) is 17.8 Å². The number of nitrogens with zero attached hydrogens (tertiary/aromatic N) is 2. The van der Waals surface area contributed by atoms with Crippen LogP contribution in [0.4, 0.5) is 5.82 Å². The molecule has 0 bridgehead atoms. The number of H-pyrrole nitrogens is 1. The number of carbonyl (C=O) groups is 2. The number of anilines is 1. The molecule has 7 nitrogen and oxygen atoms in total. The lowest BCUT2D eigenvalue weighted by atomic mass is 9.75. The number of aromatic amines is 1. The Morgan fingerprint density at radius 1 is 1.10 bits per heavy atom. The Hall–Kier alpha value is -3.48. The molecule has 0 saturated heterocycles. The molecule has 3 aromatic rings. The van der Waals surface area contributed by atoms with Crippen LogP contribution in [0.25, 0.3) is 11.1 Å². The highest BCUT2D eigenvalue weighted by Crippen LogP contribution is 2.47. The molecule has 1 fully saturated rings. The van der Waals surface area contributed by atoms with Crippen molar-refractivity contribution in [3.63, 3.8) is 0 Å². The first-order valence-electron chi connectivity index (χ1n) is 9.74. The highest BCUT2D eigenvalue weighted by Gasteiger charge is 2.48. The molecule has 1 aromatic carbocycles. The largest absolute Gasteiger partial charge is 0.450 e. The van der Waals surface area contributed by atoms with E-state index < -0.39 is 5.60 Å². The van der Waals surface area contributed by atoms with Crippen molar-refractivity contribution in [3.05, 3.63) is 66.1 Å². The van der Waals surface area contributed by atoms with Crippen molar-refractivity contribution in [2.75, 3.05) is 5.32 Å². The molecule has 1 aliphatic carbocycles. The molecule has 1 saturated carbocycles. The molecule has 3 heterocycles. The molecule has 1 aliphatic heterocycles. The van der Waals surface area contributed by atoms with Crippen molar-refractivity contribution < 1.29 is 14.3 Å². The van der Waals surface area contributed by atoms with E-state index in [0.29, 0.717) is 37.1 Å². The molecule has 7 heteroatoms. The second kappa shape index (κ2) is 6.84. The number of nitrogens with one attached hydrogen (secondary N) is 2. The van der Waals surface area contributed by atoms with E-state index in [4.69, 9.17) is 4.74 Å². The van der Waals surface area contributed by atoms with Crippen molar-refractivity contribution in [1.82, 2.24) is 15.2 Å². The number of amides is 1. The van der Waals surface area contributed by atoms with Gasteiger partial charge in [0.25, 0.3) is 0 Å². The van der Waals surface area contributed by atoms with Gasteiger partial charge < -0.3 is 10.1 Å². The highest BCUT2D eigenvalue weighted by atomic mass is 16.6. The second-order valence-electron chi connectivity index (χ2n) is 7.59. The first kappa shape index (κ1) is 17.6. The number of ether oxygens (including phenoxy) is 1. The maximum absolute atomic E-state index is 12.9. The van der Waals surface area contributed by atoms with Gasteiger partial charge >= 0.3 is 5.97 Å². The first-order valence-corrected chi connectivity index (χ1v) is 9.74. The zero-order valence-corrected chi connectivity index (χ0v) is 15.7. The van der Waals surface area contributed by atoms with E-state index in [1.54, 1.807) is 24.7 Å². The molecule has 2 aromatic heterocycles. The summed E-state index contributed by atoms with van der Waals surface area (Å²) in [6.45, 7) is 0. The SMILES string of the molecule is O=C1OC2(CCC(C(=O)Nc3[nH]ncc3-c3ccccc3)CC2)c2cnccc21. The lowest BCUT2D eigenvalue weighted by Crippen LogP contribution is -2.36. The fourth-order valence-corrected chi connectivity index (χ4v) is 4.38. The minimum Gasteiger partial charge on any atom is -0.450 e. The van der Waals surface area contributed by atoms with Crippen molar-refractivity contribution in [2.24, 2.45) is 5.92 Å². The molecule has 146 valence electrons. The van der Waals surface area contributed by atoms with Gasteiger partial charge in [-0.2, -0.15) is 5.10 Å². The van der Waals surface area contributed by atoms with Gasteiger partial charge in [-0.15, -0.1) is 0 Å². The monoisotopic (exact) mass is 388 g/mol. The molecule has 2 aliphatic rings. The summed E-state index contributed by atoms with van der Waals surface area (Å²) >= 11 is 0. The minimum absolute atomic E-state index is 0.0444. The van der Waals surface area contributed by atoms with E-state index in [0.717, 1.165) is 16.7 Å². The predicted octanol–water partition coefficient (Wildman–Crippen LogP) is 3.67. The molecule has 1 amide bonds. The normalized spacial score (nSPS) is 22.9. The molecule has 2 N–H and O–H groups in total. The summed E-state index contributed by atoms with van der Waals surface area (Å²) < 4.78 is 5.74. The van der Waals surface area contributed by atoms with Gasteiger partial charge in [0, 0.05) is 29.4 Å². The van der Waals surface area contributed by atoms with Gasteiger partial charge in [0.2, 0.25) is 5.91 Å². The number of aromatic nitrogens is 3. The van der Waals surface area contributed by atoms with Crippen LogP contribution >= 0.6 is 0 Å². The standard InChI is InChI=1S/C22H20N4O3/c27-20(25-19-17(12-24-26-19)14-4-2-1-3-5-14)15-6-9-22(10-7-15)18-13-23-11-8-16(18)21(28)29-22/h1-5,8,11-13,15H,6-7,9-10H2,(H2,24,25,26,27). The Morgan fingerprint density at radius 2 is 1.90 bits per heavy atom. The number of fused-ring (bicyclic) bond motifs is 2. The molecule has 0 atom stereocenters. The Kier molecular flexibility index (Phi) is 4.16. The van der Waals surface area contributed by atoms with Crippen LogP contribution in [0.2, 0.25) is 0 Å². The average Bonchev–Trinajstić information content (AvgIpc) is 3.32. The summed E-state index contributed by atoms with van der Waals surface area (Å²) in [7, 11) is 0. The van der Waals surface area contributed by atoms with Crippen LogP contribution in [-0.4, -0.2) is 27.1 Å². The summed E-state index contributed by atoms with van der Waals surface area (Å²) in [5, 5.41) is 9.95. The van der Waals surface area contributed by atoms with Crippen LogP contribution in [0.1, 0.15) is 41.6 Å². The quantitative estimate of drug-likeness (QED) is 0.668. The van der Waals surface area contributed by atoms with E-state index in [9.17, 15) is 9.59 Å². The first-order chi connectivity index (χ1) is 14.2. The second-order valence-corrected chi connectivity index (χ2v) is 7.59. The number of esters is 1. The number of hydrogen-bond acceptors (Lipinski definition) is 5. The highest BCUT2D eigenvalue weighted by molar-refractivity contribution is 5.96. The van der Waals surface area contributed by atoms with E-state index in [1.165, 1.54) is 0 Å². The van der Waals surface area contributed by atoms with Crippen molar-refractivity contribution in [3.8, 4) is 11.1 Å². The molecule has 5 rings (SSSR count). The summed E-state index contributed by atoms with van der Waals surface area (Å²) in [6, 6.07) is 11.5. The van der Waals surface area contributed by atoms with Crippen molar-refractivity contribution >= 4 is 17.7 Å². The molecule has 0 unspecified atom stereocenters. The van der Waals surface area contributed by atoms with Crippen LogP contribution in [-0.2, 0) is 15.1 Å². The predicted molar refractivity (Wildman–Crippen MR) is 106 cm³/mol. The Balaban J connectivity index is 1.29. The third kappa shape index (κ3) is 2.99. The van der Waals surface area contributed by atoms with Crippen LogP contribution < -0.4 is 5.32 Å². The third-order valence-corrected chi connectivity index (χ3v) is 5.96. The van der Waals surface area contributed by atoms with Gasteiger partial charge in [0.05, 0.1) is 11.8 Å². The summed E-state index contributed by atoms with van der Waals surface area (Å²) in [5.41, 5.74) is 2.65. The summed E-state index contributed by atoms with van der Waals surface area (Å²) in [4.78, 5) is 29.2. The smallest absolute Gasteiger partial charge is 0.339 e. The fourth-order valence-electron chi connectivity index (χ4n) is 4.38. The number of rotatable bonds is 3. The maximum atomic E-state index is 12.9.